The first-order chi connectivity index (χ1) is 18.9. The molecule has 4 rings (SSSR count). The monoisotopic (exact) mass is 582 g/mol. The molecule has 1 fully saturated rings. The van der Waals surface area contributed by atoms with Crippen LogP contribution >= 0.6 is 11.8 Å². The van der Waals surface area contributed by atoms with Gasteiger partial charge in [0.15, 0.2) is 0 Å². The molecular weight excluding hydrogens is 562 g/mol. The van der Waals surface area contributed by atoms with Gasteiger partial charge >= 0.3 is 12.4 Å². The van der Waals surface area contributed by atoms with Crippen LogP contribution in [0.4, 0.5) is 32.0 Å². The van der Waals surface area contributed by atoms with E-state index >= 15 is 0 Å². The van der Waals surface area contributed by atoms with Crippen molar-refractivity contribution in [2.45, 2.75) is 22.1 Å². The third-order valence-electron chi connectivity index (χ3n) is 5.61. The number of amides is 2. The van der Waals surface area contributed by atoms with Crippen LogP contribution in [0, 0.1) is 0 Å². The van der Waals surface area contributed by atoms with Gasteiger partial charge in [-0.05, 0) is 35.9 Å². The van der Waals surface area contributed by atoms with Crippen LogP contribution in [0.2, 0.25) is 0 Å². The SMILES string of the molecule is O=C(Nc1cccc(Sc2ccc(/C=C/C(=O)N3CCOCC3)c(C(F)(F)F)c2C(F)(F)F)c1)c1cnccn1. The molecule has 0 saturated carbocycles. The number of rotatable bonds is 6. The molecule has 14 heteroatoms. The first kappa shape index (κ1) is 29.1. The number of carbonyl (C=O) groups is 2. The highest BCUT2D eigenvalue weighted by Gasteiger charge is 2.46. The molecule has 0 atom stereocenters. The van der Waals surface area contributed by atoms with Crippen molar-refractivity contribution in [3.05, 3.63) is 83.4 Å². The van der Waals surface area contributed by atoms with E-state index in [1.54, 1.807) is 0 Å². The third-order valence-corrected chi connectivity index (χ3v) is 6.66. The van der Waals surface area contributed by atoms with Crippen molar-refractivity contribution in [1.82, 2.24) is 14.9 Å². The van der Waals surface area contributed by atoms with E-state index < -0.39 is 45.8 Å². The Kier molecular flexibility index (Phi) is 8.79. The second-order valence-electron chi connectivity index (χ2n) is 8.34. The van der Waals surface area contributed by atoms with Crippen LogP contribution in [0.25, 0.3) is 6.08 Å². The Bertz CT molecular complexity index is 1410. The minimum absolute atomic E-state index is 0.00882. The van der Waals surface area contributed by atoms with Crippen LogP contribution in [0.1, 0.15) is 27.2 Å². The second-order valence-corrected chi connectivity index (χ2v) is 9.46. The highest BCUT2D eigenvalue weighted by Crippen LogP contribution is 2.48. The summed E-state index contributed by atoms with van der Waals surface area (Å²) in [5, 5.41) is 2.52. The number of alkyl halides is 6. The Morgan fingerprint density at radius 1 is 0.975 bits per heavy atom. The molecule has 7 nitrogen and oxygen atoms in total. The summed E-state index contributed by atoms with van der Waals surface area (Å²) in [5.74, 6) is -1.27. The zero-order chi connectivity index (χ0) is 28.9. The van der Waals surface area contributed by atoms with Gasteiger partial charge in [0.1, 0.15) is 5.69 Å². The number of carbonyl (C=O) groups excluding carboxylic acids is 2. The van der Waals surface area contributed by atoms with Gasteiger partial charge in [0, 0.05) is 47.0 Å². The lowest BCUT2D eigenvalue weighted by molar-refractivity contribution is -0.163. The molecule has 0 bridgehead atoms. The van der Waals surface area contributed by atoms with E-state index in [4.69, 9.17) is 4.74 Å². The summed E-state index contributed by atoms with van der Waals surface area (Å²) in [6, 6.07) is 7.42. The summed E-state index contributed by atoms with van der Waals surface area (Å²) in [4.78, 5) is 33.1. The molecule has 3 aromatic rings. The summed E-state index contributed by atoms with van der Waals surface area (Å²) in [5.41, 5.74) is -4.39. The van der Waals surface area contributed by atoms with E-state index in [-0.39, 0.29) is 42.6 Å². The fourth-order valence-corrected chi connectivity index (χ4v) is 4.88. The van der Waals surface area contributed by atoms with Crippen LogP contribution in [0.3, 0.4) is 0 Å². The summed E-state index contributed by atoms with van der Waals surface area (Å²) in [7, 11) is 0. The number of nitrogens with zero attached hydrogens (tertiary/aromatic N) is 3. The van der Waals surface area contributed by atoms with Gasteiger partial charge in [0.05, 0.1) is 30.5 Å². The molecule has 2 aromatic carbocycles. The molecule has 2 amide bonds. The number of anilines is 1. The average molecular weight is 583 g/mol. The zero-order valence-corrected chi connectivity index (χ0v) is 21.2. The van der Waals surface area contributed by atoms with Crippen molar-refractivity contribution >= 4 is 35.3 Å². The van der Waals surface area contributed by atoms with Gasteiger partial charge in [0.25, 0.3) is 5.91 Å². The lowest BCUT2D eigenvalue weighted by atomic mass is 9.99. The molecule has 40 heavy (non-hydrogen) atoms. The quantitative estimate of drug-likeness (QED) is 0.293. The maximum atomic E-state index is 14.2. The van der Waals surface area contributed by atoms with Crippen molar-refractivity contribution in [2.24, 2.45) is 0 Å². The van der Waals surface area contributed by atoms with Crippen LogP contribution in [0.5, 0.6) is 0 Å². The van der Waals surface area contributed by atoms with Crippen LogP contribution in [0.15, 0.2) is 70.9 Å². The number of benzene rings is 2. The number of aromatic nitrogens is 2. The molecule has 2 heterocycles. The molecule has 1 aliphatic heterocycles. The molecule has 1 aromatic heterocycles. The van der Waals surface area contributed by atoms with Crippen molar-refractivity contribution in [3.8, 4) is 0 Å². The number of nitrogens with one attached hydrogen (secondary N) is 1. The second kappa shape index (κ2) is 12.1. The molecule has 0 aliphatic carbocycles. The maximum Gasteiger partial charge on any atom is 0.418 e. The van der Waals surface area contributed by atoms with E-state index in [1.165, 1.54) is 47.8 Å². The smallest absolute Gasteiger partial charge is 0.378 e. The summed E-state index contributed by atoms with van der Waals surface area (Å²) in [6.45, 7) is 0.944. The number of hydrogen-bond acceptors (Lipinski definition) is 6. The standard InChI is InChI=1S/C26H20F6N4O3S/c27-25(28,29)22-16(5-7-21(37)36-10-12-39-13-11-36)4-6-20(23(22)26(30,31)32)40-18-3-1-2-17(14-18)35-24(38)19-15-33-8-9-34-19/h1-9,14-15H,10-13H2,(H,35,38)/b7-5+. The van der Waals surface area contributed by atoms with E-state index in [2.05, 4.69) is 15.3 Å². The van der Waals surface area contributed by atoms with Gasteiger partial charge in [-0.3, -0.25) is 14.6 Å². The molecule has 0 unspecified atom stereocenters. The number of halogens is 6. The summed E-state index contributed by atoms with van der Waals surface area (Å²) in [6.07, 6.45) is -5.30. The molecule has 0 spiro atoms. The van der Waals surface area contributed by atoms with Gasteiger partial charge in [-0.2, -0.15) is 26.3 Å². The molecule has 210 valence electrons. The number of morpholine rings is 1. The maximum absolute atomic E-state index is 14.2. The fraction of sp³-hybridized carbons (Fsp3) is 0.231. The first-order valence-electron chi connectivity index (χ1n) is 11.6. The molecule has 0 radical (unpaired) electrons. The van der Waals surface area contributed by atoms with Gasteiger partial charge < -0.3 is 15.0 Å². The van der Waals surface area contributed by atoms with E-state index in [0.29, 0.717) is 11.8 Å². The fourth-order valence-electron chi connectivity index (χ4n) is 3.84. The lowest BCUT2D eigenvalue weighted by Gasteiger charge is -2.25. The third kappa shape index (κ3) is 7.18. The minimum Gasteiger partial charge on any atom is -0.378 e. The van der Waals surface area contributed by atoms with E-state index in [1.807, 2.05) is 0 Å². The first-order valence-corrected chi connectivity index (χ1v) is 12.5. The topological polar surface area (TPSA) is 84.4 Å². The van der Waals surface area contributed by atoms with Gasteiger partial charge in [-0.25, -0.2) is 4.98 Å². The van der Waals surface area contributed by atoms with Crippen molar-refractivity contribution in [3.63, 3.8) is 0 Å². The van der Waals surface area contributed by atoms with E-state index in [0.717, 1.165) is 24.3 Å². The Labute approximate surface area is 228 Å². The van der Waals surface area contributed by atoms with Crippen LogP contribution < -0.4 is 5.32 Å². The average Bonchev–Trinajstić information content (AvgIpc) is 2.92. The van der Waals surface area contributed by atoms with Crippen LogP contribution in [-0.2, 0) is 21.9 Å². The van der Waals surface area contributed by atoms with E-state index in [9.17, 15) is 35.9 Å². The number of ether oxygens (including phenoxy) is 1. The Morgan fingerprint density at radius 3 is 2.35 bits per heavy atom. The zero-order valence-electron chi connectivity index (χ0n) is 20.4. The van der Waals surface area contributed by atoms with Crippen molar-refractivity contribution < 1.29 is 40.7 Å². The lowest BCUT2D eigenvalue weighted by Crippen LogP contribution is -2.39. The van der Waals surface area contributed by atoms with Crippen LogP contribution in [-0.4, -0.2) is 53.0 Å². The Morgan fingerprint density at radius 2 is 1.70 bits per heavy atom. The molecule has 1 aliphatic rings. The Balaban J connectivity index is 1.67. The normalized spacial score (nSPS) is 14.4. The summed E-state index contributed by atoms with van der Waals surface area (Å²) < 4.78 is 89.9. The van der Waals surface area contributed by atoms with Gasteiger partial charge in [0.2, 0.25) is 5.91 Å². The highest BCUT2D eigenvalue weighted by molar-refractivity contribution is 7.99. The molecular formula is C26H20F6N4O3S. The van der Waals surface area contributed by atoms with Gasteiger partial charge in [-0.15, -0.1) is 0 Å². The molecule has 1 saturated heterocycles. The predicted molar refractivity (Wildman–Crippen MR) is 133 cm³/mol. The highest BCUT2D eigenvalue weighted by atomic mass is 32.2. The Hall–Kier alpha value is -3.91. The predicted octanol–water partition coefficient (Wildman–Crippen LogP) is 5.79. The summed E-state index contributed by atoms with van der Waals surface area (Å²) >= 11 is 0.452. The van der Waals surface area contributed by atoms with Gasteiger partial charge in [-0.1, -0.05) is 23.9 Å². The number of hydrogen-bond donors (Lipinski definition) is 1. The van der Waals surface area contributed by atoms with Crippen molar-refractivity contribution in [1.29, 1.82) is 0 Å². The minimum atomic E-state index is -5.38. The largest absolute Gasteiger partial charge is 0.418 e. The molecule has 1 N–H and O–H groups in total. The van der Waals surface area contributed by atoms with Crippen molar-refractivity contribution in [2.75, 3.05) is 31.6 Å².